The van der Waals surface area contributed by atoms with Gasteiger partial charge in [0.1, 0.15) is 25.5 Å². The minimum Gasteiger partial charge on any atom is -0.486 e. The number of nitrogens with one attached hydrogen (secondary N) is 1. The zero-order chi connectivity index (χ0) is 19.0. The lowest BCUT2D eigenvalue weighted by atomic mass is 10.2. The molecule has 0 saturated carbocycles. The highest BCUT2D eigenvalue weighted by molar-refractivity contribution is 7.89. The van der Waals surface area contributed by atoms with Crippen LogP contribution in [0.4, 0.5) is 0 Å². The summed E-state index contributed by atoms with van der Waals surface area (Å²) in [5, 5.41) is 3.99. The van der Waals surface area contributed by atoms with Crippen molar-refractivity contribution in [2.24, 2.45) is 0 Å². The molecule has 0 atom stereocenters. The van der Waals surface area contributed by atoms with Gasteiger partial charge in [-0.1, -0.05) is 5.16 Å². The van der Waals surface area contributed by atoms with Gasteiger partial charge in [0.2, 0.25) is 10.0 Å². The van der Waals surface area contributed by atoms with Gasteiger partial charge in [0.15, 0.2) is 11.5 Å². The Labute approximate surface area is 158 Å². The molecule has 1 N–H and O–H groups in total. The largest absolute Gasteiger partial charge is 0.486 e. The number of sulfonamides is 1. The van der Waals surface area contributed by atoms with E-state index in [1.54, 1.807) is 22.5 Å². The minimum atomic E-state index is -3.54. The van der Waals surface area contributed by atoms with E-state index in [0.717, 1.165) is 36.7 Å². The first-order valence-electron chi connectivity index (χ1n) is 9.10. The third-order valence-corrected chi connectivity index (χ3v) is 7.08. The Morgan fingerprint density at radius 2 is 1.81 bits per heavy atom. The molecule has 2 aromatic rings. The first-order chi connectivity index (χ1) is 12.9. The molecule has 2 aliphatic rings. The van der Waals surface area contributed by atoms with E-state index in [2.05, 4.69) is 5.16 Å². The van der Waals surface area contributed by atoms with E-state index < -0.39 is 10.0 Å². The highest BCUT2D eigenvalue weighted by Crippen LogP contribution is 2.33. The SMILES string of the molecule is Cc1noc(C)c1C[NH+]1CCN(S(=O)(=O)c2ccc3c(c2)OCCO3)CC1. The second-order valence-corrected chi connectivity index (χ2v) is 8.88. The first-order valence-corrected chi connectivity index (χ1v) is 10.5. The van der Waals surface area contributed by atoms with Crippen LogP contribution in [0, 0.1) is 13.8 Å². The van der Waals surface area contributed by atoms with Crippen LogP contribution in [0.1, 0.15) is 17.0 Å². The van der Waals surface area contributed by atoms with Crippen LogP contribution in [-0.4, -0.2) is 57.3 Å². The van der Waals surface area contributed by atoms with Crippen molar-refractivity contribution in [2.75, 3.05) is 39.4 Å². The summed E-state index contributed by atoms with van der Waals surface area (Å²) in [4.78, 5) is 1.58. The second kappa shape index (κ2) is 7.14. The molecule has 3 heterocycles. The van der Waals surface area contributed by atoms with Gasteiger partial charge in [-0.15, -0.1) is 0 Å². The Morgan fingerprint density at radius 3 is 2.48 bits per heavy atom. The van der Waals surface area contributed by atoms with Crippen LogP contribution in [0.5, 0.6) is 11.5 Å². The molecule has 0 amide bonds. The molecule has 1 aromatic heterocycles. The van der Waals surface area contributed by atoms with Gasteiger partial charge >= 0.3 is 0 Å². The Bertz CT molecular complexity index is 913. The molecule has 0 aliphatic carbocycles. The molecule has 1 aromatic carbocycles. The van der Waals surface area contributed by atoms with Crippen molar-refractivity contribution in [3.8, 4) is 11.5 Å². The summed E-state index contributed by atoms with van der Waals surface area (Å²) in [5.74, 6) is 1.92. The summed E-state index contributed by atoms with van der Waals surface area (Å²) in [6.45, 7) is 8.02. The van der Waals surface area contributed by atoms with Gasteiger partial charge in [-0.05, 0) is 26.0 Å². The lowest BCUT2D eigenvalue weighted by Gasteiger charge is -2.31. The number of benzene rings is 1. The van der Waals surface area contributed by atoms with Crippen molar-refractivity contribution in [1.82, 2.24) is 9.46 Å². The van der Waals surface area contributed by atoms with Crippen LogP contribution < -0.4 is 14.4 Å². The lowest BCUT2D eigenvalue weighted by molar-refractivity contribution is -0.917. The normalized spacial score (nSPS) is 18.6. The van der Waals surface area contributed by atoms with Gasteiger partial charge in [0.05, 0.1) is 42.3 Å². The molecule has 0 unspecified atom stereocenters. The summed E-state index contributed by atoms with van der Waals surface area (Å²) in [7, 11) is -3.54. The number of hydrogen-bond donors (Lipinski definition) is 1. The number of hydrogen-bond acceptors (Lipinski definition) is 6. The van der Waals surface area contributed by atoms with Crippen molar-refractivity contribution in [1.29, 1.82) is 0 Å². The lowest BCUT2D eigenvalue weighted by Crippen LogP contribution is -3.13. The summed E-state index contributed by atoms with van der Waals surface area (Å²) in [6, 6.07) is 4.82. The van der Waals surface area contributed by atoms with Crippen LogP contribution in [0.3, 0.4) is 0 Å². The minimum absolute atomic E-state index is 0.251. The van der Waals surface area contributed by atoms with Crippen molar-refractivity contribution in [3.05, 3.63) is 35.2 Å². The molecule has 146 valence electrons. The van der Waals surface area contributed by atoms with Crippen LogP contribution >= 0.6 is 0 Å². The fourth-order valence-electron chi connectivity index (χ4n) is 3.56. The van der Waals surface area contributed by atoms with Gasteiger partial charge in [0.25, 0.3) is 0 Å². The summed E-state index contributed by atoms with van der Waals surface area (Å²) < 4.78 is 43.8. The third kappa shape index (κ3) is 3.54. The predicted octanol–water partition coefficient (Wildman–Crippen LogP) is 0.152. The zero-order valence-electron chi connectivity index (χ0n) is 15.5. The number of aryl methyl sites for hydroxylation is 2. The number of ether oxygens (including phenoxy) is 2. The maximum Gasteiger partial charge on any atom is 0.243 e. The maximum absolute atomic E-state index is 13.0. The van der Waals surface area contributed by atoms with E-state index in [1.165, 1.54) is 4.90 Å². The number of fused-ring (bicyclic) bond motifs is 1. The molecule has 2 aliphatic heterocycles. The van der Waals surface area contributed by atoms with Crippen LogP contribution in [0.2, 0.25) is 0 Å². The smallest absolute Gasteiger partial charge is 0.243 e. The van der Waals surface area contributed by atoms with E-state index in [4.69, 9.17) is 14.0 Å². The molecule has 8 nitrogen and oxygen atoms in total. The molecule has 4 rings (SSSR count). The van der Waals surface area contributed by atoms with E-state index in [1.807, 2.05) is 13.8 Å². The summed E-state index contributed by atoms with van der Waals surface area (Å²) >= 11 is 0. The highest BCUT2D eigenvalue weighted by atomic mass is 32.2. The molecule has 0 bridgehead atoms. The molecular formula is C18H24N3O5S+. The second-order valence-electron chi connectivity index (χ2n) is 6.94. The molecule has 0 spiro atoms. The van der Waals surface area contributed by atoms with Crippen LogP contribution in [0.15, 0.2) is 27.6 Å². The van der Waals surface area contributed by atoms with E-state index in [0.29, 0.717) is 37.8 Å². The van der Waals surface area contributed by atoms with Crippen molar-refractivity contribution >= 4 is 10.0 Å². The van der Waals surface area contributed by atoms with Crippen LogP contribution in [-0.2, 0) is 16.6 Å². The number of quaternary nitrogens is 1. The number of rotatable bonds is 4. The number of nitrogens with zero attached hydrogens (tertiary/aromatic N) is 2. The van der Waals surface area contributed by atoms with Crippen molar-refractivity contribution in [2.45, 2.75) is 25.3 Å². The standard InChI is InChI=1S/C18H23N3O5S/c1-13-16(14(2)26-19-13)12-20-5-7-21(8-6-20)27(22,23)15-3-4-17-18(11-15)25-10-9-24-17/h3-4,11H,5-10,12H2,1-2H3/p+1. The highest BCUT2D eigenvalue weighted by Gasteiger charge is 2.32. The molecular weight excluding hydrogens is 370 g/mol. The summed E-state index contributed by atoms with van der Waals surface area (Å²) in [5.41, 5.74) is 2.03. The van der Waals surface area contributed by atoms with E-state index in [-0.39, 0.29) is 4.90 Å². The predicted molar refractivity (Wildman–Crippen MR) is 96.6 cm³/mol. The van der Waals surface area contributed by atoms with Crippen molar-refractivity contribution < 1.29 is 27.3 Å². The average molecular weight is 394 g/mol. The average Bonchev–Trinajstić information content (AvgIpc) is 3.00. The molecule has 0 radical (unpaired) electrons. The van der Waals surface area contributed by atoms with E-state index in [9.17, 15) is 8.42 Å². The zero-order valence-corrected chi connectivity index (χ0v) is 16.3. The fraction of sp³-hybridized carbons (Fsp3) is 0.500. The van der Waals surface area contributed by atoms with Gasteiger partial charge in [-0.25, -0.2) is 8.42 Å². The molecule has 27 heavy (non-hydrogen) atoms. The first kappa shape index (κ1) is 18.3. The van der Waals surface area contributed by atoms with Gasteiger partial charge < -0.3 is 18.9 Å². The molecule has 1 fully saturated rings. The Kier molecular flexibility index (Phi) is 4.83. The fourth-order valence-corrected chi connectivity index (χ4v) is 5.01. The molecule has 9 heteroatoms. The number of piperazine rings is 1. The van der Waals surface area contributed by atoms with Gasteiger partial charge in [-0.2, -0.15) is 4.31 Å². The molecule has 1 saturated heterocycles. The maximum atomic E-state index is 13.0. The third-order valence-electron chi connectivity index (χ3n) is 5.19. The van der Waals surface area contributed by atoms with E-state index >= 15 is 0 Å². The Balaban J connectivity index is 1.44. The number of aromatic nitrogens is 1. The topological polar surface area (TPSA) is 86.3 Å². The quantitative estimate of drug-likeness (QED) is 0.795. The Morgan fingerprint density at radius 1 is 1.11 bits per heavy atom. The van der Waals surface area contributed by atoms with Gasteiger partial charge in [0, 0.05) is 6.07 Å². The summed E-state index contributed by atoms with van der Waals surface area (Å²) in [6.07, 6.45) is 0. The van der Waals surface area contributed by atoms with Crippen LogP contribution in [0.25, 0.3) is 0 Å². The monoisotopic (exact) mass is 394 g/mol. The van der Waals surface area contributed by atoms with Gasteiger partial charge in [-0.3, -0.25) is 0 Å². The van der Waals surface area contributed by atoms with Crippen molar-refractivity contribution in [3.63, 3.8) is 0 Å². The Hall–Kier alpha value is -2.10.